The third-order valence-corrected chi connectivity index (χ3v) is 4.78. The lowest BCUT2D eigenvalue weighted by molar-refractivity contribution is -0.0436. The molecular weight excluding hydrogens is 311 g/mol. The van der Waals surface area contributed by atoms with Crippen molar-refractivity contribution in [2.24, 2.45) is 0 Å². The lowest BCUT2D eigenvalue weighted by Gasteiger charge is -2.09. The van der Waals surface area contributed by atoms with Gasteiger partial charge >= 0.3 is 5.51 Å². The molecule has 108 valence electrons. The average molecular weight is 321 g/mol. The normalized spacial score (nSPS) is 12.3. The Labute approximate surface area is 118 Å². The first-order chi connectivity index (χ1) is 9.30. The minimum Gasteiger partial charge on any atom is -0.381 e. The molecule has 0 fully saturated rings. The van der Waals surface area contributed by atoms with Crippen molar-refractivity contribution in [2.45, 2.75) is 16.9 Å². The summed E-state index contributed by atoms with van der Waals surface area (Å²) in [5.74, 6) is 0. The Hall–Kier alpha value is -1.54. The second kappa shape index (κ2) is 5.45. The van der Waals surface area contributed by atoms with Crippen LogP contribution in [0.2, 0.25) is 0 Å². The average Bonchev–Trinajstić information content (AvgIpc) is 2.88. The van der Waals surface area contributed by atoms with Crippen molar-refractivity contribution in [3.05, 3.63) is 46.7 Å². The summed E-state index contributed by atoms with van der Waals surface area (Å²) in [4.78, 5) is -0.758. The maximum atomic E-state index is 12.4. The van der Waals surface area contributed by atoms with E-state index in [0.717, 1.165) is 17.7 Å². The van der Waals surface area contributed by atoms with Gasteiger partial charge in [-0.25, -0.2) is 8.42 Å². The number of hydrogen-bond acceptors (Lipinski definition) is 4. The zero-order valence-electron chi connectivity index (χ0n) is 10.0. The highest BCUT2D eigenvalue weighted by Crippen LogP contribution is 2.30. The van der Waals surface area contributed by atoms with Crippen molar-refractivity contribution < 1.29 is 21.6 Å². The van der Waals surface area contributed by atoms with E-state index < -0.39 is 20.2 Å². The van der Waals surface area contributed by atoms with E-state index in [1.807, 2.05) is 16.8 Å². The van der Waals surface area contributed by atoms with Crippen LogP contribution in [0.3, 0.4) is 0 Å². The van der Waals surface area contributed by atoms with Crippen molar-refractivity contribution in [1.82, 2.24) is 0 Å². The second-order valence-electron chi connectivity index (χ2n) is 3.96. The van der Waals surface area contributed by atoms with Crippen LogP contribution >= 0.6 is 11.3 Å². The summed E-state index contributed by atoms with van der Waals surface area (Å²) < 4.78 is 59.4. The van der Waals surface area contributed by atoms with Gasteiger partial charge in [0.2, 0.25) is 0 Å². The number of hydrogen-bond donors (Lipinski definition) is 1. The second-order valence-corrected chi connectivity index (χ2v) is 6.68. The SMILES string of the molecule is O=S(=O)(c1ccc(NCc2ccsc2)cc1)C(F)(F)F. The molecule has 0 atom stereocenters. The zero-order valence-corrected chi connectivity index (χ0v) is 11.6. The number of rotatable bonds is 4. The van der Waals surface area contributed by atoms with Crippen molar-refractivity contribution in [3.8, 4) is 0 Å². The molecule has 1 aromatic carbocycles. The summed E-state index contributed by atoms with van der Waals surface area (Å²) in [7, 11) is -5.28. The first-order valence-corrected chi connectivity index (χ1v) is 7.90. The highest BCUT2D eigenvalue weighted by atomic mass is 32.2. The Morgan fingerprint density at radius 2 is 1.75 bits per heavy atom. The van der Waals surface area contributed by atoms with E-state index in [9.17, 15) is 21.6 Å². The molecule has 2 aromatic rings. The molecule has 8 heteroatoms. The third-order valence-electron chi connectivity index (χ3n) is 2.55. The molecule has 20 heavy (non-hydrogen) atoms. The van der Waals surface area contributed by atoms with E-state index in [4.69, 9.17) is 0 Å². The number of nitrogens with one attached hydrogen (secondary N) is 1. The summed E-state index contributed by atoms with van der Waals surface area (Å²) >= 11 is 1.54. The standard InChI is InChI=1S/C12H10F3NO2S2/c13-12(14,15)20(17,18)11-3-1-10(2-4-11)16-7-9-5-6-19-8-9/h1-6,8,16H,7H2. The minimum atomic E-state index is -5.28. The molecule has 1 aromatic heterocycles. The van der Waals surface area contributed by atoms with Crippen LogP contribution in [0.25, 0.3) is 0 Å². The maximum absolute atomic E-state index is 12.4. The van der Waals surface area contributed by atoms with Crippen LogP contribution in [-0.2, 0) is 16.4 Å². The molecule has 0 saturated carbocycles. The number of benzene rings is 1. The molecule has 0 radical (unpaired) electrons. The quantitative estimate of drug-likeness (QED) is 0.935. The van der Waals surface area contributed by atoms with Crippen LogP contribution < -0.4 is 5.32 Å². The van der Waals surface area contributed by atoms with Crippen molar-refractivity contribution in [3.63, 3.8) is 0 Å². The lowest BCUT2D eigenvalue weighted by atomic mass is 10.3. The summed E-state index contributed by atoms with van der Waals surface area (Å²) in [6, 6.07) is 6.42. The summed E-state index contributed by atoms with van der Waals surface area (Å²) in [5.41, 5.74) is -3.68. The number of anilines is 1. The van der Waals surface area contributed by atoms with Gasteiger partial charge in [-0.3, -0.25) is 0 Å². The van der Waals surface area contributed by atoms with Gasteiger partial charge < -0.3 is 5.32 Å². The van der Waals surface area contributed by atoms with E-state index in [-0.39, 0.29) is 0 Å². The summed E-state index contributed by atoms with van der Waals surface area (Å²) in [6.45, 7) is 0.523. The number of halogens is 3. The molecule has 1 heterocycles. The molecule has 0 bridgehead atoms. The number of thiophene rings is 1. The van der Waals surface area contributed by atoms with Crippen LogP contribution in [0.1, 0.15) is 5.56 Å². The van der Waals surface area contributed by atoms with Crippen LogP contribution in [0.15, 0.2) is 46.0 Å². The van der Waals surface area contributed by atoms with E-state index >= 15 is 0 Å². The van der Waals surface area contributed by atoms with Gasteiger partial charge in [-0.2, -0.15) is 24.5 Å². The Morgan fingerprint density at radius 3 is 2.25 bits per heavy atom. The van der Waals surface area contributed by atoms with Gasteiger partial charge in [0.1, 0.15) is 0 Å². The van der Waals surface area contributed by atoms with E-state index in [1.165, 1.54) is 23.5 Å². The van der Waals surface area contributed by atoms with Gasteiger partial charge in [0, 0.05) is 12.2 Å². The Morgan fingerprint density at radius 1 is 1.10 bits per heavy atom. The molecule has 1 N–H and O–H groups in total. The zero-order chi connectivity index (χ0) is 14.8. The first-order valence-electron chi connectivity index (χ1n) is 5.47. The van der Waals surface area contributed by atoms with Crippen molar-refractivity contribution in [2.75, 3.05) is 5.32 Å². The molecule has 0 saturated heterocycles. The smallest absolute Gasteiger partial charge is 0.381 e. The van der Waals surface area contributed by atoms with E-state index in [0.29, 0.717) is 12.2 Å². The predicted molar refractivity (Wildman–Crippen MR) is 71.3 cm³/mol. The summed E-state index contributed by atoms with van der Waals surface area (Å²) in [5, 5.41) is 6.85. The molecule has 2 rings (SSSR count). The number of alkyl halides is 3. The topological polar surface area (TPSA) is 46.2 Å². The van der Waals surface area contributed by atoms with Crippen LogP contribution in [-0.4, -0.2) is 13.9 Å². The van der Waals surface area contributed by atoms with Crippen LogP contribution in [0.4, 0.5) is 18.9 Å². The van der Waals surface area contributed by atoms with Gasteiger partial charge in [0.05, 0.1) is 4.90 Å². The monoisotopic (exact) mass is 321 g/mol. The minimum absolute atomic E-state index is 0.523. The van der Waals surface area contributed by atoms with Crippen molar-refractivity contribution in [1.29, 1.82) is 0 Å². The van der Waals surface area contributed by atoms with Crippen LogP contribution in [0.5, 0.6) is 0 Å². The van der Waals surface area contributed by atoms with Gasteiger partial charge in [-0.05, 0) is 46.7 Å². The predicted octanol–water partition coefficient (Wildman–Crippen LogP) is 3.65. The van der Waals surface area contributed by atoms with E-state index in [1.54, 1.807) is 0 Å². The first kappa shape index (κ1) is 14.9. The fraction of sp³-hybridized carbons (Fsp3) is 0.167. The Kier molecular flexibility index (Phi) is 4.05. The Bertz CT molecular complexity index is 662. The van der Waals surface area contributed by atoms with Gasteiger partial charge in [0.15, 0.2) is 0 Å². The molecule has 0 aliphatic carbocycles. The van der Waals surface area contributed by atoms with Gasteiger partial charge in [-0.1, -0.05) is 0 Å². The Balaban J connectivity index is 2.11. The molecule has 0 aliphatic rings. The summed E-state index contributed by atoms with van der Waals surface area (Å²) in [6.07, 6.45) is 0. The van der Waals surface area contributed by atoms with Crippen molar-refractivity contribution >= 4 is 26.9 Å². The molecule has 0 aliphatic heterocycles. The molecular formula is C12H10F3NO2S2. The maximum Gasteiger partial charge on any atom is 0.501 e. The fourth-order valence-electron chi connectivity index (χ4n) is 1.48. The molecule has 0 amide bonds. The highest BCUT2D eigenvalue weighted by Gasteiger charge is 2.46. The molecule has 0 spiro atoms. The number of sulfone groups is 1. The molecule has 3 nitrogen and oxygen atoms in total. The van der Waals surface area contributed by atoms with Crippen LogP contribution in [0, 0.1) is 0 Å². The fourth-order valence-corrected chi connectivity index (χ4v) is 2.91. The third kappa shape index (κ3) is 3.13. The van der Waals surface area contributed by atoms with Gasteiger partial charge in [-0.15, -0.1) is 0 Å². The highest BCUT2D eigenvalue weighted by molar-refractivity contribution is 7.92. The van der Waals surface area contributed by atoms with E-state index in [2.05, 4.69) is 5.32 Å². The largest absolute Gasteiger partial charge is 0.501 e. The lowest BCUT2D eigenvalue weighted by Crippen LogP contribution is -2.23. The molecule has 0 unspecified atom stereocenters. The van der Waals surface area contributed by atoms with Gasteiger partial charge in [0.25, 0.3) is 9.84 Å².